The zero-order chi connectivity index (χ0) is 20.9. The molecular weight excluding hydrogens is 381 g/mol. The van der Waals surface area contributed by atoms with Crippen molar-refractivity contribution in [3.8, 4) is 6.07 Å². The van der Waals surface area contributed by atoms with E-state index < -0.39 is 27.8 Å². The smallest absolute Gasteiger partial charge is 0.252 e. The molecule has 6 nitrogen and oxygen atoms in total. The van der Waals surface area contributed by atoms with Gasteiger partial charge in [0.1, 0.15) is 11.9 Å². The number of nitrogens with one attached hydrogen (secondary N) is 1. The average Bonchev–Trinajstić information content (AvgIpc) is 2.67. The van der Waals surface area contributed by atoms with Gasteiger partial charge in [0, 0.05) is 24.2 Å². The van der Waals surface area contributed by atoms with Gasteiger partial charge in [-0.05, 0) is 30.7 Å². The standard InChI is InChI=1S/C20H22FN3O3S/c1-4-24(5-2)28(26,27)15-11-10-14(3)17(12-15)20(25)23-19(13-22)16-8-6-7-9-18(16)21/h6-12,19H,4-5H2,1-3H3,(H,23,25). The number of carbonyl (C=O) groups excluding carboxylic acids is 1. The third-order valence-corrected chi connectivity index (χ3v) is 6.46. The predicted molar refractivity (Wildman–Crippen MR) is 104 cm³/mol. The molecule has 0 spiro atoms. The van der Waals surface area contributed by atoms with Gasteiger partial charge in [-0.15, -0.1) is 0 Å². The van der Waals surface area contributed by atoms with Crippen LogP contribution in [0.3, 0.4) is 0 Å². The maximum Gasteiger partial charge on any atom is 0.252 e. The van der Waals surface area contributed by atoms with Crippen LogP contribution in [-0.4, -0.2) is 31.7 Å². The van der Waals surface area contributed by atoms with Crippen LogP contribution in [0.25, 0.3) is 0 Å². The van der Waals surface area contributed by atoms with Crippen LogP contribution >= 0.6 is 0 Å². The quantitative estimate of drug-likeness (QED) is 0.769. The molecule has 2 aromatic carbocycles. The van der Waals surface area contributed by atoms with Crippen molar-refractivity contribution in [3.05, 3.63) is 65.0 Å². The molecule has 148 valence electrons. The Labute approximate surface area is 164 Å². The molecule has 0 bridgehead atoms. The van der Waals surface area contributed by atoms with Gasteiger partial charge in [0.15, 0.2) is 0 Å². The molecule has 0 radical (unpaired) electrons. The fraction of sp³-hybridized carbons (Fsp3) is 0.300. The molecule has 0 aromatic heterocycles. The minimum atomic E-state index is -3.74. The Kier molecular flexibility index (Phi) is 6.89. The number of nitriles is 1. The highest BCUT2D eigenvalue weighted by Crippen LogP contribution is 2.21. The highest BCUT2D eigenvalue weighted by molar-refractivity contribution is 7.89. The van der Waals surface area contributed by atoms with Crippen LogP contribution in [0.1, 0.15) is 41.4 Å². The van der Waals surface area contributed by atoms with Crippen molar-refractivity contribution in [1.29, 1.82) is 5.26 Å². The summed E-state index contributed by atoms with van der Waals surface area (Å²) in [5.41, 5.74) is 0.703. The van der Waals surface area contributed by atoms with Crippen molar-refractivity contribution in [2.24, 2.45) is 0 Å². The van der Waals surface area contributed by atoms with Crippen molar-refractivity contribution in [2.45, 2.75) is 31.7 Å². The van der Waals surface area contributed by atoms with E-state index in [1.54, 1.807) is 26.8 Å². The third kappa shape index (κ3) is 4.38. The summed E-state index contributed by atoms with van der Waals surface area (Å²) in [6, 6.07) is 10.6. The molecule has 0 fully saturated rings. The van der Waals surface area contributed by atoms with Gasteiger partial charge in [0.05, 0.1) is 11.0 Å². The van der Waals surface area contributed by atoms with Crippen LogP contribution in [0, 0.1) is 24.1 Å². The van der Waals surface area contributed by atoms with Gasteiger partial charge in [0.2, 0.25) is 10.0 Å². The average molecular weight is 403 g/mol. The minimum absolute atomic E-state index is 0.00801. The number of benzene rings is 2. The highest BCUT2D eigenvalue weighted by Gasteiger charge is 2.25. The Morgan fingerprint density at radius 1 is 1.21 bits per heavy atom. The van der Waals surface area contributed by atoms with E-state index in [1.165, 1.54) is 40.7 Å². The summed E-state index contributed by atoms with van der Waals surface area (Å²) in [5.74, 6) is -1.26. The molecule has 0 aliphatic carbocycles. The summed E-state index contributed by atoms with van der Waals surface area (Å²) in [6.07, 6.45) is 0. The summed E-state index contributed by atoms with van der Waals surface area (Å²) in [6.45, 7) is 5.73. The highest BCUT2D eigenvalue weighted by atomic mass is 32.2. The van der Waals surface area contributed by atoms with Crippen LogP contribution in [0.4, 0.5) is 4.39 Å². The van der Waals surface area contributed by atoms with E-state index in [-0.39, 0.29) is 16.0 Å². The summed E-state index contributed by atoms with van der Waals surface area (Å²) in [7, 11) is -3.74. The SMILES string of the molecule is CCN(CC)S(=O)(=O)c1ccc(C)c(C(=O)NC(C#N)c2ccccc2F)c1. The number of halogens is 1. The second kappa shape index (κ2) is 8.95. The fourth-order valence-electron chi connectivity index (χ4n) is 2.82. The first-order valence-electron chi connectivity index (χ1n) is 8.81. The first kappa shape index (κ1) is 21.5. The molecule has 1 N–H and O–H groups in total. The maximum atomic E-state index is 14.0. The van der Waals surface area contributed by atoms with Crippen LogP contribution in [0.2, 0.25) is 0 Å². The predicted octanol–water partition coefficient (Wildman–Crippen LogP) is 3.16. The molecule has 1 unspecified atom stereocenters. The first-order chi connectivity index (χ1) is 13.3. The lowest BCUT2D eigenvalue weighted by atomic mass is 10.0. The summed E-state index contributed by atoms with van der Waals surface area (Å²) in [4.78, 5) is 12.7. The molecular formula is C20H22FN3O3S. The normalized spacial score (nSPS) is 12.4. The lowest BCUT2D eigenvalue weighted by molar-refractivity contribution is 0.0944. The van der Waals surface area contributed by atoms with E-state index in [2.05, 4.69) is 5.32 Å². The molecule has 0 saturated carbocycles. The molecule has 0 heterocycles. The van der Waals surface area contributed by atoms with Crippen LogP contribution in [0.5, 0.6) is 0 Å². The fourth-order valence-corrected chi connectivity index (χ4v) is 4.30. The molecule has 1 amide bonds. The molecule has 0 aliphatic heterocycles. The van der Waals surface area contributed by atoms with Gasteiger partial charge in [0.25, 0.3) is 5.91 Å². The van der Waals surface area contributed by atoms with Gasteiger partial charge < -0.3 is 5.32 Å². The second-order valence-electron chi connectivity index (χ2n) is 6.12. The topological polar surface area (TPSA) is 90.3 Å². The van der Waals surface area contributed by atoms with Crippen molar-refractivity contribution in [3.63, 3.8) is 0 Å². The van der Waals surface area contributed by atoms with Gasteiger partial charge in [-0.1, -0.05) is 38.1 Å². The zero-order valence-corrected chi connectivity index (χ0v) is 16.8. The third-order valence-electron chi connectivity index (χ3n) is 4.42. The molecule has 28 heavy (non-hydrogen) atoms. The van der Waals surface area contributed by atoms with Crippen molar-refractivity contribution < 1.29 is 17.6 Å². The lowest BCUT2D eigenvalue weighted by Crippen LogP contribution is -2.32. The first-order valence-corrected chi connectivity index (χ1v) is 10.3. The summed E-state index contributed by atoms with van der Waals surface area (Å²) >= 11 is 0. The Bertz CT molecular complexity index is 1010. The van der Waals surface area contributed by atoms with Crippen LogP contribution < -0.4 is 5.32 Å². The maximum absolute atomic E-state index is 14.0. The number of amides is 1. The Morgan fingerprint density at radius 3 is 2.43 bits per heavy atom. The summed E-state index contributed by atoms with van der Waals surface area (Å²) < 4.78 is 40.7. The van der Waals surface area contributed by atoms with Gasteiger partial charge in [-0.2, -0.15) is 9.57 Å². The van der Waals surface area contributed by atoms with E-state index in [1.807, 2.05) is 6.07 Å². The van der Waals surface area contributed by atoms with E-state index in [0.717, 1.165) is 0 Å². The lowest BCUT2D eigenvalue weighted by Gasteiger charge is -2.19. The monoisotopic (exact) mass is 403 g/mol. The number of sulfonamides is 1. The Balaban J connectivity index is 2.38. The van der Waals surface area contributed by atoms with E-state index in [0.29, 0.717) is 18.7 Å². The van der Waals surface area contributed by atoms with E-state index in [4.69, 9.17) is 0 Å². The summed E-state index contributed by atoms with van der Waals surface area (Å²) in [5, 5.41) is 11.8. The Morgan fingerprint density at radius 2 is 1.86 bits per heavy atom. The van der Waals surface area contributed by atoms with Crippen LogP contribution in [-0.2, 0) is 10.0 Å². The van der Waals surface area contributed by atoms with E-state index >= 15 is 0 Å². The number of nitrogens with zero attached hydrogens (tertiary/aromatic N) is 2. The molecule has 0 aliphatic rings. The number of aryl methyl sites for hydroxylation is 1. The van der Waals surface area contributed by atoms with Gasteiger partial charge in [-0.3, -0.25) is 4.79 Å². The van der Waals surface area contributed by atoms with Crippen molar-refractivity contribution in [2.75, 3.05) is 13.1 Å². The van der Waals surface area contributed by atoms with Crippen molar-refractivity contribution in [1.82, 2.24) is 9.62 Å². The Hall–Kier alpha value is -2.76. The largest absolute Gasteiger partial charge is 0.332 e. The van der Waals surface area contributed by atoms with E-state index in [9.17, 15) is 22.9 Å². The molecule has 2 rings (SSSR count). The van der Waals surface area contributed by atoms with Crippen molar-refractivity contribution >= 4 is 15.9 Å². The number of hydrogen-bond donors (Lipinski definition) is 1. The molecule has 1 atom stereocenters. The minimum Gasteiger partial charge on any atom is -0.332 e. The van der Waals surface area contributed by atoms with Crippen LogP contribution in [0.15, 0.2) is 47.4 Å². The zero-order valence-electron chi connectivity index (χ0n) is 15.9. The molecule has 8 heteroatoms. The molecule has 2 aromatic rings. The molecule has 0 saturated heterocycles. The number of carbonyl (C=O) groups is 1. The van der Waals surface area contributed by atoms with Gasteiger partial charge >= 0.3 is 0 Å². The number of rotatable bonds is 7. The van der Waals surface area contributed by atoms with Gasteiger partial charge in [-0.25, -0.2) is 12.8 Å². The number of hydrogen-bond acceptors (Lipinski definition) is 4. The second-order valence-corrected chi connectivity index (χ2v) is 8.06.